The molecule has 0 rings (SSSR count). The Balaban J connectivity index is 3.22. The maximum Gasteiger partial charge on any atom is 0.214 e. The summed E-state index contributed by atoms with van der Waals surface area (Å²) in [5.74, 6) is 0. The lowest BCUT2D eigenvalue weighted by atomic mass is 10.2. The lowest BCUT2D eigenvalue weighted by molar-refractivity contribution is 0.498. The van der Waals surface area contributed by atoms with Gasteiger partial charge in [0.15, 0.2) is 0 Å². The van der Waals surface area contributed by atoms with Gasteiger partial charge in [-0.3, -0.25) is 0 Å². The second kappa shape index (κ2) is 5.78. The van der Waals surface area contributed by atoms with Gasteiger partial charge in [-0.05, 0) is 12.8 Å². The molecule has 3 N–H and O–H groups in total. The Hall–Kier alpha value is 0.0200. The molecule has 0 bridgehead atoms. The maximum absolute atomic E-state index is 8.52. The van der Waals surface area contributed by atoms with Gasteiger partial charge >= 0.3 is 0 Å². The summed E-state index contributed by atoms with van der Waals surface area (Å²) in [4.78, 5) is 17.0. The molecular weight excluding hydrogens is 149 g/mol. The van der Waals surface area contributed by atoms with Crippen molar-refractivity contribution >= 4 is 13.8 Å². The van der Waals surface area contributed by atoms with Gasteiger partial charge in [-0.2, -0.15) is 0 Å². The molecule has 60 valence electrons. The number of nitrogens with one attached hydrogen (secondary N) is 1. The molecule has 0 radical (unpaired) electrons. The van der Waals surface area contributed by atoms with Crippen molar-refractivity contribution in [3.05, 3.63) is 0 Å². The molecule has 0 amide bonds. The van der Waals surface area contributed by atoms with Gasteiger partial charge in [0, 0.05) is 0 Å². The smallest absolute Gasteiger partial charge is 0.214 e. The lowest BCUT2D eigenvalue weighted by Crippen LogP contribution is -1.92. The minimum absolute atomic E-state index is 0.0865. The fourth-order valence-corrected chi connectivity index (χ4v) is 1.00. The molecule has 0 aromatic carbocycles. The van der Waals surface area contributed by atoms with Gasteiger partial charge in [-0.25, -0.2) is 0 Å². The molecule has 3 nitrogen and oxygen atoms in total. The average Bonchev–Trinajstić information content (AvgIpc) is 1.88. The van der Waals surface area contributed by atoms with E-state index in [0.717, 1.165) is 19.3 Å². The molecule has 0 saturated carbocycles. The third kappa shape index (κ3) is 4.86. The minimum Gasteiger partial charge on any atom is -0.346 e. The quantitative estimate of drug-likeness (QED) is 0.329. The third-order valence-corrected chi connectivity index (χ3v) is 1.97. The van der Waals surface area contributed by atoms with Crippen molar-refractivity contribution < 1.29 is 9.79 Å². The van der Waals surface area contributed by atoms with E-state index in [1.165, 1.54) is 0 Å². The van der Waals surface area contributed by atoms with Crippen LogP contribution in [-0.2, 0) is 0 Å². The number of hydrogen-bond acceptors (Lipinski definition) is 3. The molecule has 0 saturated heterocycles. The van der Waals surface area contributed by atoms with Crippen LogP contribution in [0.1, 0.15) is 32.6 Å². The van der Waals surface area contributed by atoms with Crippen LogP contribution in [0.5, 0.6) is 0 Å². The second-order valence-corrected chi connectivity index (χ2v) is 3.31. The minimum atomic E-state index is -2.09. The van der Waals surface area contributed by atoms with Crippen molar-refractivity contribution in [2.75, 3.05) is 0 Å². The first-order chi connectivity index (χ1) is 4.68. The Morgan fingerprint density at radius 3 is 2.40 bits per heavy atom. The van der Waals surface area contributed by atoms with E-state index in [-0.39, 0.29) is 5.45 Å². The zero-order valence-electron chi connectivity index (χ0n) is 6.17. The largest absolute Gasteiger partial charge is 0.346 e. The number of unbranched alkanes of at least 4 members (excludes halogenated alkanes) is 2. The van der Waals surface area contributed by atoms with Crippen molar-refractivity contribution in [3.8, 4) is 0 Å². The summed E-state index contributed by atoms with van der Waals surface area (Å²) < 4.78 is 0. The molecule has 0 atom stereocenters. The first kappa shape index (κ1) is 10.0. The van der Waals surface area contributed by atoms with Crippen LogP contribution in [0.25, 0.3) is 0 Å². The molecule has 0 aromatic rings. The van der Waals surface area contributed by atoms with Crippen LogP contribution >= 0.6 is 8.38 Å². The van der Waals surface area contributed by atoms with Crippen LogP contribution in [0.2, 0.25) is 0 Å². The fraction of sp³-hybridized carbons (Fsp3) is 0.833. The van der Waals surface area contributed by atoms with E-state index in [1.54, 1.807) is 0 Å². The van der Waals surface area contributed by atoms with Crippen LogP contribution in [0.3, 0.4) is 0 Å². The predicted molar refractivity (Wildman–Crippen MR) is 43.2 cm³/mol. The average molecular weight is 163 g/mol. The topological polar surface area (TPSA) is 64.3 Å². The lowest BCUT2D eigenvalue weighted by Gasteiger charge is -2.02. The third-order valence-electron chi connectivity index (χ3n) is 1.26. The van der Waals surface area contributed by atoms with Gasteiger partial charge in [0.05, 0.1) is 5.45 Å². The van der Waals surface area contributed by atoms with Crippen molar-refractivity contribution in [1.29, 1.82) is 5.41 Å². The van der Waals surface area contributed by atoms with Crippen molar-refractivity contribution in [3.63, 3.8) is 0 Å². The molecule has 0 fully saturated rings. The molecule has 0 spiro atoms. The predicted octanol–water partition coefficient (Wildman–Crippen LogP) is 1.84. The highest BCUT2D eigenvalue weighted by Gasteiger charge is 2.05. The van der Waals surface area contributed by atoms with Crippen molar-refractivity contribution in [2.45, 2.75) is 32.6 Å². The molecule has 0 unspecified atom stereocenters. The van der Waals surface area contributed by atoms with Gasteiger partial charge in [-0.15, -0.1) is 0 Å². The zero-order valence-corrected chi connectivity index (χ0v) is 7.06. The first-order valence-corrected chi connectivity index (χ1v) is 4.68. The molecule has 0 aliphatic heterocycles. The van der Waals surface area contributed by atoms with Crippen LogP contribution in [0.4, 0.5) is 0 Å². The highest BCUT2D eigenvalue weighted by molar-refractivity contribution is 7.64. The Labute approximate surface area is 62.5 Å². The molecular formula is C6H14NO2P. The monoisotopic (exact) mass is 163 g/mol. The summed E-state index contributed by atoms with van der Waals surface area (Å²) in [6.45, 7) is 2.07. The van der Waals surface area contributed by atoms with E-state index in [1.807, 2.05) is 0 Å². The van der Waals surface area contributed by atoms with E-state index in [9.17, 15) is 0 Å². The molecule has 0 aromatic heterocycles. The van der Waals surface area contributed by atoms with Gasteiger partial charge in [0.1, 0.15) is 0 Å². The molecule has 10 heavy (non-hydrogen) atoms. The van der Waals surface area contributed by atoms with E-state index < -0.39 is 8.38 Å². The Bertz CT molecular complexity index is 106. The van der Waals surface area contributed by atoms with Crippen LogP contribution < -0.4 is 0 Å². The van der Waals surface area contributed by atoms with E-state index >= 15 is 0 Å². The van der Waals surface area contributed by atoms with Crippen LogP contribution in [0, 0.1) is 5.41 Å². The Kier molecular flexibility index (Phi) is 5.79. The van der Waals surface area contributed by atoms with E-state index in [4.69, 9.17) is 15.2 Å². The normalized spacial score (nSPS) is 10.4. The highest BCUT2D eigenvalue weighted by atomic mass is 31.2. The van der Waals surface area contributed by atoms with Gasteiger partial charge in [-0.1, -0.05) is 19.8 Å². The van der Waals surface area contributed by atoms with Crippen molar-refractivity contribution in [2.24, 2.45) is 0 Å². The summed E-state index contributed by atoms with van der Waals surface area (Å²) in [5, 5.41) is 7.05. The van der Waals surface area contributed by atoms with Crippen LogP contribution in [-0.4, -0.2) is 15.2 Å². The Morgan fingerprint density at radius 1 is 1.40 bits per heavy atom. The SMILES string of the molecule is CCCCCC(=N)P(O)O. The fourth-order valence-electron chi connectivity index (χ4n) is 0.642. The summed E-state index contributed by atoms with van der Waals surface area (Å²) in [6.07, 6.45) is 3.59. The van der Waals surface area contributed by atoms with Gasteiger partial charge in [0.2, 0.25) is 8.38 Å². The number of hydrogen-bond donors (Lipinski definition) is 3. The molecule has 0 aliphatic rings. The highest BCUT2D eigenvalue weighted by Crippen LogP contribution is 2.27. The second-order valence-electron chi connectivity index (χ2n) is 2.19. The summed E-state index contributed by atoms with van der Waals surface area (Å²) >= 11 is 0. The molecule has 4 heteroatoms. The summed E-state index contributed by atoms with van der Waals surface area (Å²) in [7, 11) is -2.09. The van der Waals surface area contributed by atoms with Gasteiger partial charge in [0.25, 0.3) is 0 Å². The zero-order chi connectivity index (χ0) is 7.98. The van der Waals surface area contributed by atoms with E-state index in [0.29, 0.717) is 6.42 Å². The molecule has 0 aliphatic carbocycles. The molecule has 0 heterocycles. The van der Waals surface area contributed by atoms with Crippen LogP contribution in [0.15, 0.2) is 0 Å². The van der Waals surface area contributed by atoms with E-state index in [2.05, 4.69) is 6.92 Å². The summed E-state index contributed by atoms with van der Waals surface area (Å²) in [6, 6.07) is 0. The summed E-state index contributed by atoms with van der Waals surface area (Å²) in [5.41, 5.74) is 0.0865. The Morgan fingerprint density at radius 2 is 2.00 bits per heavy atom. The van der Waals surface area contributed by atoms with Gasteiger partial charge < -0.3 is 15.2 Å². The maximum atomic E-state index is 8.52. The number of rotatable bonds is 5. The first-order valence-electron chi connectivity index (χ1n) is 3.43. The van der Waals surface area contributed by atoms with Crippen molar-refractivity contribution in [1.82, 2.24) is 0 Å². The standard InChI is InChI=1S/C6H14NO2P/c1-2-3-4-5-6(7)10(8)9/h7-9H,2-5H2,1H3.